The van der Waals surface area contributed by atoms with Gasteiger partial charge in [-0.05, 0) is 31.9 Å². The molecule has 1 fully saturated rings. The second-order valence-corrected chi connectivity index (χ2v) is 7.88. The average molecular weight is 349 g/mol. The predicted molar refractivity (Wildman–Crippen MR) is 99.1 cm³/mol. The minimum absolute atomic E-state index is 0.0363. The van der Waals surface area contributed by atoms with Crippen LogP contribution in [0, 0.1) is 18.8 Å². The van der Waals surface area contributed by atoms with Gasteiger partial charge in [-0.1, -0.05) is 31.5 Å². The van der Waals surface area contributed by atoms with Crippen molar-refractivity contribution in [1.82, 2.24) is 10.2 Å². The molecule has 0 radical (unpaired) electrons. The zero-order valence-electron chi connectivity index (χ0n) is 14.9. The first-order valence-corrected chi connectivity index (χ1v) is 9.72. The maximum absolute atomic E-state index is 12.2. The Morgan fingerprint density at radius 2 is 1.83 bits per heavy atom. The number of hydrogen-bond donors (Lipinski definition) is 1. The molecule has 4 nitrogen and oxygen atoms in total. The molecule has 132 valence electrons. The number of benzene rings is 1. The Morgan fingerprint density at radius 1 is 1.21 bits per heavy atom. The van der Waals surface area contributed by atoms with E-state index >= 15 is 0 Å². The van der Waals surface area contributed by atoms with Crippen LogP contribution in [0.3, 0.4) is 0 Å². The fourth-order valence-electron chi connectivity index (χ4n) is 2.85. The summed E-state index contributed by atoms with van der Waals surface area (Å²) >= 11 is 1.76. The standard InChI is InChI=1S/C19H28N2O2S/c1-14(2)19(23)21-11-8-16(9-12-21)18(22)20-10-13-24-17-6-4-15(3)5-7-17/h4-7,14,16H,8-13H2,1-3H3,(H,20,22). The molecule has 0 aromatic heterocycles. The average Bonchev–Trinajstić information content (AvgIpc) is 2.59. The molecule has 0 spiro atoms. The Morgan fingerprint density at radius 3 is 2.42 bits per heavy atom. The molecular weight excluding hydrogens is 320 g/mol. The minimum Gasteiger partial charge on any atom is -0.355 e. The van der Waals surface area contributed by atoms with E-state index in [1.807, 2.05) is 18.7 Å². The van der Waals surface area contributed by atoms with Crippen LogP contribution >= 0.6 is 11.8 Å². The van der Waals surface area contributed by atoms with Crippen molar-refractivity contribution in [3.8, 4) is 0 Å². The van der Waals surface area contributed by atoms with Gasteiger partial charge in [-0.15, -0.1) is 11.8 Å². The quantitative estimate of drug-likeness (QED) is 0.635. The lowest BCUT2D eigenvalue weighted by Gasteiger charge is -2.32. The molecule has 1 saturated heterocycles. The summed E-state index contributed by atoms with van der Waals surface area (Å²) in [4.78, 5) is 27.3. The lowest BCUT2D eigenvalue weighted by Crippen LogP contribution is -2.44. The van der Waals surface area contributed by atoms with Crippen LogP contribution in [0.15, 0.2) is 29.2 Å². The molecule has 2 rings (SSSR count). The number of piperidine rings is 1. The Labute approximate surface area is 149 Å². The normalized spacial score (nSPS) is 15.6. The molecule has 24 heavy (non-hydrogen) atoms. The van der Waals surface area contributed by atoms with Crippen molar-refractivity contribution in [3.05, 3.63) is 29.8 Å². The fraction of sp³-hybridized carbons (Fsp3) is 0.579. The van der Waals surface area contributed by atoms with E-state index in [9.17, 15) is 9.59 Å². The minimum atomic E-state index is 0.0363. The van der Waals surface area contributed by atoms with E-state index < -0.39 is 0 Å². The highest BCUT2D eigenvalue weighted by molar-refractivity contribution is 7.99. The molecule has 0 saturated carbocycles. The summed E-state index contributed by atoms with van der Waals surface area (Å²) in [7, 11) is 0. The third-order valence-electron chi connectivity index (χ3n) is 4.36. The first-order chi connectivity index (χ1) is 11.5. The number of carbonyl (C=O) groups excluding carboxylic acids is 2. The molecule has 1 aromatic carbocycles. The number of amides is 2. The first-order valence-electron chi connectivity index (χ1n) is 8.73. The van der Waals surface area contributed by atoms with Crippen LogP contribution in [-0.2, 0) is 9.59 Å². The number of nitrogens with one attached hydrogen (secondary N) is 1. The largest absolute Gasteiger partial charge is 0.355 e. The monoisotopic (exact) mass is 348 g/mol. The number of hydrogen-bond acceptors (Lipinski definition) is 3. The van der Waals surface area contributed by atoms with Gasteiger partial charge in [-0.2, -0.15) is 0 Å². The Kier molecular flexibility index (Phi) is 7.16. The van der Waals surface area contributed by atoms with Gasteiger partial charge in [0, 0.05) is 42.1 Å². The molecule has 1 aromatic rings. The van der Waals surface area contributed by atoms with Crippen molar-refractivity contribution < 1.29 is 9.59 Å². The first kappa shape index (κ1) is 18.8. The lowest BCUT2D eigenvalue weighted by molar-refractivity contribution is -0.138. The smallest absolute Gasteiger partial charge is 0.225 e. The fourth-order valence-corrected chi connectivity index (χ4v) is 3.62. The number of aryl methyl sites for hydroxylation is 1. The van der Waals surface area contributed by atoms with Crippen molar-refractivity contribution in [3.63, 3.8) is 0 Å². The number of rotatable bonds is 6. The molecule has 1 aliphatic rings. The zero-order valence-corrected chi connectivity index (χ0v) is 15.7. The summed E-state index contributed by atoms with van der Waals surface area (Å²) in [6, 6.07) is 8.44. The van der Waals surface area contributed by atoms with Crippen molar-refractivity contribution in [2.24, 2.45) is 11.8 Å². The zero-order chi connectivity index (χ0) is 17.5. The summed E-state index contributed by atoms with van der Waals surface area (Å²) in [5, 5.41) is 3.04. The van der Waals surface area contributed by atoms with E-state index in [-0.39, 0.29) is 23.7 Å². The van der Waals surface area contributed by atoms with Crippen LogP contribution < -0.4 is 5.32 Å². The highest BCUT2D eigenvalue weighted by Gasteiger charge is 2.27. The van der Waals surface area contributed by atoms with E-state index in [0.717, 1.165) is 18.6 Å². The van der Waals surface area contributed by atoms with Gasteiger partial charge < -0.3 is 10.2 Å². The van der Waals surface area contributed by atoms with Crippen molar-refractivity contribution in [2.75, 3.05) is 25.4 Å². The maximum Gasteiger partial charge on any atom is 0.225 e. The van der Waals surface area contributed by atoms with Gasteiger partial charge in [0.25, 0.3) is 0 Å². The number of thioether (sulfide) groups is 1. The third kappa shape index (κ3) is 5.55. The topological polar surface area (TPSA) is 49.4 Å². The Bertz CT molecular complexity index is 549. The second-order valence-electron chi connectivity index (χ2n) is 6.71. The lowest BCUT2D eigenvalue weighted by atomic mass is 9.95. The van der Waals surface area contributed by atoms with Crippen LogP contribution in [-0.4, -0.2) is 42.1 Å². The van der Waals surface area contributed by atoms with Crippen LogP contribution in [0.5, 0.6) is 0 Å². The van der Waals surface area contributed by atoms with Crippen LogP contribution in [0.4, 0.5) is 0 Å². The molecule has 1 heterocycles. The van der Waals surface area contributed by atoms with Crippen molar-refractivity contribution >= 4 is 23.6 Å². The van der Waals surface area contributed by atoms with Gasteiger partial charge in [0.2, 0.25) is 11.8 Å². The molecule has 1 N–H and O–H groups in total. The van der Waals surface area contributed by atoms with Crippen LogP contribution in [0.25, 0.3) is 0 Å². The second kappa shape index (κ2) is 9.11. The summed E-state index contributed by atoms with van der Waals surface area (Å²) in [5.41, 5.74) is 1.26. The van der Waals surface area contributed by atoms with E-state index in [1.54, 1.807) is 11.8 Å². The number of likely N-dealkylation sites (tertiary alicyclic amines) is 1. The van der Waals surface area contributed by atoms with Crippen molar-refractivity contribution in [1.29, 1.82) is 0 Å². The van der Waals surface area contributed by atoms with Gasteiger partial charge in [0.1, 0.15) is 0 Å². The highest BCUT2D eigenvalue weighted by Crippen LogP contribution is 2.20. The summed E-state index contributed by atoms with van der Waals surface area (Å²) in [6.07, 6.45) is 1.55. The molecule has 5 heteroatoms. The van der Waals surface area contributed by atoms with Gasteiger partial charge >= 0.3 is 0 Å². The molecule has 1 aliphatic heterocycles. The molecule has 0 unspecified atom stereocenters. The molecular formula is C19H28N2O2S. The van der Waals surface area contributed by atoms with Gasteiger partial charge in [-0.3, -0.25) is 9.59 Å². The van der Waals surface area contributed by atoms with E-state index in [2.05, 4.69) is 36.5 Å². The van der Waals surface area contributed by atoms with Crippen molar-refractivity contribution in [2.45, 2.75) is 38.5 Å². The van der Waals surface area contributed by atoms with E-state index in [1.165, 1.54) is 10.5 Å². The molecule has 0 atom stereocenters. The Balaban J connectivity index is 1.65. The molecule has 0 bridgehead atoms. The van der Waals surface area contributed by atoms with Gasteiger partial charge in [0.05, 0.1) is 0 Å². The van der Waals surface area contributed by atoms with Crippen LogP contribution in [0.1, 0.15) is 32.3 Å². The van der Waals surface area contributed by atoms with E-state index in [4.69, 9.17) is 0 Å². The summed E-state index contributed by atoms with van der Waals surface area (Å²) < 4.78 is 0. The summed E-state index contributed by atoms with van der Waals surface area (Å²) in [5.74, 6) is 1.29. The van der Waals surface area contributed by atoms with Gasteiger partial charge in [0.15, 0.2) is 0 Å². The Hall–Kier alpha value is -1.49. The highest BCUT2D eigenvalue weighted by atomic mass is 32.2. The van der Waals surface area contributed by atoms with Crippen LogP contribution in [0.2, 0.25) is 0 Å². The number of carbonyl (C=O) groups is 2. The molecule has 2 amide bonds. The number of nitrogens with zero attached hydrogens (tertiary/aromatic N) is 1. The van der Waals surface area contributed by atoms with E-state index in [0.29, 0.717) is 19.6 Å². The third-order valence-corrected chi connectivity index (χ3v) is 5.38. The summed E-state index contributed by atoms with van der Waals surface area (Å²) in [6.45, 7) is 8.01. The predicted octanol–water partition coefficient (Wildman–Crippen LogP) is 3.10. The molecule has 0 aliphatic carbocycles. The maximum atomic E-state index is 12.2. The SMILES string of the molecule is Cc1ccc(SCCNC(=O)C2CCN(C(=O)C(C)C)CC2)cc1. The van der Waals surface area contributed by atoms with Gasteiger partial charge in [-0.25, -0.2) is 0 Å².